The number of aromatic nitrogens is 1. The van der Waals surface area contributed by atoms with Crippen LogP contribution in [0, 0.1) is 0 Å². The van der Waals surface area contributed by atoms with Crippen molar-refractivity contribution in [2.45, 2.75) is 39.3 Å². The first kappa shape index (κ1) is 15.8. The van der Waals surface area contributed by atoms with Crippen molar-refractivity contribution in [3.8, 4) is 11.5 Å². The van der Waals surface area contributed by atoms with Crippen LogP contribution in [-0.2, 0) is 6.42 Å². The fraction of sp³-hybridized carbons (Fsp3) is 0.438. The van der Waals surface area contributed by atoms with Crippen molar-refractivity contribution in [2.24, 2.45) is 0 Å². The topological polar surface area (TPSA) is 54.4 Å². The molecule has 0 bridgehead atoms. The van der Waals surface area contributed by atoms with Crippen molar-refractivity contribution >= 4 is 11.3 Å². The molecule has 0 aliphatic rings. The molecule has 2 rings (SSSR count). The maximum Gasteiger partial charge on any atom is 0.120 e. The molecule has 1 aromatic heterocycles. The predicted molar refractivity (Wildman–Crippen MR) is 86.1 cm³/mol. The van der Waals surface area contributed by atoms with E-state index in [0.717, 1.165) is 22.7 Å². The second kappa shape index (κ2) is 6.91. The van der Waals surface area contributed by atoms with E-state index >= 15 is 0 Å². The van der Waals surface area contributed by atoms with Crippen LogP contribution in [0.1, 0.15) is 48.3 Å². The summed E-state index contributed by atoms with van der Waals surface area (Å²) in [5.74, 6) is 1.02. The van der Waals surface area contributed by atoms with E-state index in [1.54, 1.807) is 30.6 Å². The highest BCUT2D eigenvalue weighted by molar-refractivity contribution is 7.11. The van der Waals surface area contributed by atoms with Crippen molar-refractivity contribution in [1.29, 1.82) is 0 Å². The van der Waals surface area contributed by atoms with Gasteiger partial charge in [0, 0.05) is 22.7 Å². The van der Waals surface area contributed by atoms with Gasteiger partial charge in [0.2, 0.25) is 0 Å². The molecule has 2 N–H and O–H groups in total. The second-order valence-corrected chi connectivity index (χ2v) is 6.20. The lowest BCUT2D eigenvalue weighted by Gasteiger charge is -2.20. The van der Waals surface area contributed by atoms with Crippen LogP contribution in [-0.4, -0.2) is 17.2 Å². The van der Waals surface area contributed by atoms with Gasteiger partial charge in [-0.25, -0.2) is 4.98 Å². The van der Waals surface area contributed by atoms with Gasteiger partial charge in [-0.1, -0.05) is 6.92 Å². The SMILES string of the molecule is CCc1cnc(C(C)NC(C)c2cc(OC)ccc2O)s1. The number of ether oxygens (including phenoxy) is 1. The van der Waals surface area contributed by atoms with E-state index in [1.807, 2.05) is 19.2 Å². The molecule has 2 aromatic rings. The van der Waals surface area contributed by atoms with Gasteiger partial charge in [0.15, 0.2) is 0 Å². The first-order chi connectivity index (χ1) is 10.0. The number of aromatic hydroxyl groups is 1. The molecule has 1 heterocycles. The Hall–Kier alpha value is -1.59. The number of hydrogen-bond donors (Lipinski definition) is 2. The molecule has 1 aromatic carbocycles. The summed E-state index contributed by atoms with van der Waals surface area (Å²) < 4.78 is 5.22. The first-order valence-electron chi connectivity index (χ1n) is 7.12. The Morgan fingerprint density at radius 1 is 1.33 bits per heavy atom. The number of hydrogen-bond acceptors (Lipinski definition) is 5. The van der Waals surface area contributed by atoms with E-state index < -0.39 is 0 Å². The summed E-state index contributed by atoms with van der Waals surface area (Å²) in [6.45, 7) is 6.25. The molecule has 2 atom stereocenters. The highest BCUT2D eigenvalue weighted by atomic mass is 32.1. The molecule has 4 nitrogen and oxygen atoms in total. The third kappa shape index (κ3) is 3.74. The van der Waals surface area contributed by atoms with Crippen molar-refractivity contribution in [1.82, 2.24) is 10.3 Å². The van der Waals surface area contributed by atoms with Crippen molar-refractivity contribution < 1.29 is 9.84 Å². The third-order valence-corrected chi connectivity index (χ3v) is 4.82. The van der Waals surface area contributed by atoms with Crippen molar-refractivity contribution in [2.75, 3.05) is 7.11 Å². The van der Waals surface area contributed by atoms with Crippen LogP contribution >= 0.6 is 11.3 Å². The standard InChI is InChI=1S/C16H22N2O2S/c1-5-13-9-17-16(21-13)11(3)18-10(2)14-8-12(20-4)6-7-15(14)19/h6-11,18-19H,5H2,1-4H3. The van der Waals surface area contributed by atoms with Crippen LogP contribution in [0.15, 0.2) is 24.4 Å². The maximum atomic E-state index is 10.0. The minimum absolute atomic E-state index is 0.00377. The fourth-order valence-corrected chi connectivity index (χ4v) is 3.10. The predicted octanol–water partition coefficient (Wildman–Crippen LogP) is 3.83. The zero-order valence-electron chi connectivity index (χ0n) is 12.9. The Kier molecular flexibility index (Phi) is 5.20. The van der Waals surface area contributed by atoms with Gasteiger partial charge in [-0.2, -0.15) is 0 Å². The van der Waals surface area contributed by atoms with Gasteiger partial charge < -0.3 is 15.2 Å². The quantitative estimate of drug-likeness (QED) is 0.851. The fourth-order valence-electron chi connectivity index (χ4n) is 2.23. The van der Waals surface area contributed by atoms with Crippen LogP contribution in [0.3, 0.4) is 0 Å². The minimum Gasteiger partial charge on any atom is -0.508 e. The molecule has 0 fully saturated rings. The molecule has 2 unspecified atom stereocenters. The average Bonchev–Trinajstić information content (AvgIpc) is 2.96. The first-order valence-corrected chi connectivity index (χ1v) is 7.94. The molecule has 0 spiro atoms. The number of nitrogens with one attached hydrogen (secondary N) is 1. The summed E-state index contributed by atoms with van der Waals surface area (Å²) in [7, 11) is 1.62. The number of aryl methyl sites for hydroxylation is 1. The second-order valence-electron chi connectivity index (χ2n) is 5.05. The molecule has 0 saturated carbocycles. The summed E-state index contributed by atoms with van der Waals surface area (Å²) in [5.41, 5.74) is 0.827. The Balaban J connectivity index is 2.11. The lowest BCUT2D eigenvalue weighted by Crippen LogP contribution is -2.22. The zero-order chi connectivity index (χ0) is 15.4. The van der Waals surface area contributed by atoms with E-state index in [9.17, 15) is 5.11 Å². The Bertz CT molecular complexity index is 598. The molecule has 5 heteroatoms. The number of benzene rings is 1. The molecule has 0 aliphatic carbocycles. The number of rotatable bonds is 6. The summed E-state index contributed by atoms with van der Waals surface area (Å²) in [4.78, 5) is 5.75. The molecule has 0 aliphatic heterocycles. The normalized spacial score (nSPS) is 13.9. The number of nitrogens with zero attached hydrogens (tertiary/aromatic N) is 1. The number of thiazole rings is 1. The highest BCUT2D eigenvalue weighted by Crippen LogP contribution is 2.30. The molecule has 0 saturated heterocycles. The van der Waals surface area contributed by atoms with Gasteiger partial charge in [0.05, 0.1) is 13.2 Å². The smallest absolute Gasteiger partial charge is 0.120 e. The Labute approximate surface area is 129 Å². The van der Waals surface area contributed by atoms with E-state index in [4.69, 9.17) is 4.74 Å². The maximum absolute atomic E-state index is 10.0. The van der Waals surface area contributed by atoms with Crippen LogP contribution in [0.5, 0.6) is 11.5 Å². The molecule has 0 radical (unpaired) electrons. The average molecular weight is 306 g/mol. The number of phenols is 1. The summed E-state index contributed by atoms with van der Waals surface area (Å²) in [5, 5.41) is 14.6. The van der Waals surface area contributed by atoms with E-state index in [0.29, 0.717) is 0 Å². The summed E-state index contributed by atoms with van der Waals surface area (Å²) >= 11 is 1.73. The van der Waals surface area contributed by atoms with Crippen LogP contribution in [0.2, 0.25) is 0 Å². The molecular weight excluding hydrogens is 284 g/mol. The minimum atomic E-state index is 0.00377. The lowest BCUT2D eigenvalue weighted by molar-refractivity contribution is 0.405. The van der Waals surface area contributed by atoms with Crippen molar-refractivity contribution in [3.05, 3.63) is 39.8 Å². The largest absolute Gasteiger partial charge is 0.508 e. The summed E-state index contributed by atoms with van der Waals surface area (Å²) in [6.07, 6.45) is 2.95. The van der Waals surface area contributed by atoms with Gasteiger partial charge in [0.1, 0.15) is 16.5 Å². The molecular formula is C16H22N2O2S. The van der Waals surface area contributed by atoms with Crippen LogP contribution < -0.4 is 10.1 Å². The summed E-state index contributed by atoms with van der Waals surface area (Å²) in [6, 6.07) is 5.41. The van der Waals surface area contributed by atoms with E-state index in [2.05, 4.69) is 24.1 Å². The van der Waals surface area contributed by atoms with Crippen molar-refractivity contribution in [3.63, 3.8) is 0 Å². The Morgan fingerprint density at radius 2 is 2.10 bits per heavy atom. The third-order valence-electron chi connectivity index (χ3n) is 3.49. The van der Waals surface area contributed by atoms with E-state index in [-0.39, 0.29) is 17.8 Å². The van der Waals surface area contributed by atoms with Gasteiger partial charge in [-0.15, -0.1) is 11.3 Å². The molecule has 0 amide bonds. The van der Waals surface area contributed by atoms with Crippen LogP contribution in [0.25, 0.3) is 0 Å². The van der Waals surface area contributed by atoms with Gasteiger partial charge >= 0.3 is 0 Å². The highest BCUT2D eigenvalue weighted by Gasteiger charge is 2.17. The lowest BCUT2D eigenvalue weighted by atomic mass is 10.1. The van der Waals surface area contributed by atoms with Crippen LogP contribution in [0.4, 0.5) is 0 Å². The molecule has 21 heavy (non-hydrogen) atoms. The number of phenolic OH excluding ortho intramolecular Hbond substituents is 1. The monoisotopic (exact) mass is 306 g/mol. The number of methoxy groups -OCH3 is 1. The van der Waals surface area contributed by atoms with E-state index in [1.165, 1.54) is 4.88 Å². The zero-order valence-corrected chi connectivity index (χ0v) is 13.7. The molecule has 114 valence electrons. The Morgan fingerprint density at radius 3 is 2.71 bits per heavy atom. The van der Waals surface area contributed by atoms with Gasteiger partial charge in [-0.3, -0.25) is 0 Å². The van der Waals surface area contributed by atoms with Gasteiger partial charge in [-0.05, 0) is 38.5 Å². The van der Waals surface area contributed by atoms with Gasteiger partial charge in [0.25, 0.3) is 0 Å².